The van der Waals surface area contributed by atoms with Gasteiger partial charge in [0.05, 0.1) is 12.0 Å². The predicted octanol–water partition coefficient (Wildman–Crippen LogP) is 2.48. The zero-order chi connectivity index (χ0) is 10.7. The Hall–Kier alpha value is -1.16. The number of hydrogen-bond acceptors (Lipinski definition) is 3. The molecule has 0 spiro atoms. The molecule has 0 fully saturated rings. The molecule has 2 N–H and O–H groups in total. The lowest BCUT2D eigenvalue weighted by Crippen LogP contribution is -2.02. The van der Waals surface area contributed by atoms with Crippen LogP contribution in [0.1, 0.15) is 11.1 Å². The van der Waals surface area contributed by atoms with E-state index in [1.54, 1.807) is 7.11 Å². The zero-order valence-corrected chi connectivity index (χ0v) is 9.27. The molecule has 0 radical (unpaired) electrons. The maximum atomic E-state index is 10.8. The third-order valence-corrected chi connectivity index (χ3v) is 2.73. The quantitative estimate of drug-likeness (QED) is 0.764. The van der Waals surface area contributed by atoms with E-state index in [9.17, 15) is 4.79 Å². The van der Waals surface area contributed by atoms with Gasteiger partial charge in [0, 0.05) is 0 Å². The number of aryl methyl sites for hydroxylation is 2. The highest BCUT2D eigenvalue weighted by Crippen LogP contribution is 2.31. The van der Waals surface area contributed by atoms with Gasteiger partial charge in [-0.1, -0.05) is 0 Å². The minimum atomic E-state index is -0.424. The number of ether oxygens (including phenoxy) is 1. The van der Waals surface area contributed by atoms with Crippen LogP contribution in [-0.4, -0.2) is 12.3 Å². The predicted molar refractivity (Wildman–Crippen MR) is 57.9 cm³/mol. The lowest BCUT2D eigenvalue weighted by molar-refractivity contribution is 0.267. The smallest absolute Gasteiger partial charge is 0.281 e. The molecule has 1 rings (SSSR count). The first-order chi connectivity index (χ1) is 6.54. The first-order valence-corrected chi connectivity index (χ1v) is 4.98. The summed E-state index contributed by atoms with van der Waals surface area (Å²) in [5.74, 6) is 0.692. The van der Waals surface area contributed by atoms with E-state index in [1.165, 1.54) is 0 Å². The van der Waals surface area contributed by atoms with Crippen LogP contribution in [0.15, 0.2) is 17.0 Å². The van der Waals surface area contributed by atoms with Crippen LogP contribution in [-0.2, 0) is 0 Å². The number of methoxy groups -OCH3 is 1. The first-order valence-electron chi connectivity index (χ1n) is 4.17. The number of benzene rings is 1. The second-order valence-corrected chi connectivity index (χ2v) is 4.05. The maximum absolute atomic E-state index is 10.8. The molecule has 0 bridgehead atoms. The summed E-state index contributed by atoms with van der Waals surface area (Å²) in [5, 5.41) is -0.424. The van der Waals surface area contributed by atoms with Gasteiger partial charge >= 0.3 is 0 Å². The Bertz CT molecular complexity index is 363. The summed E-state index contributed by atoms with van der Waals surface area (Å²) in [4.78, 5) is 11.5. The highest BCUT2D eigenvalue weighted by molar-refractivity contribution is 8.13. The number of carbonyl (C=O) groups is 1. The van der Waals surface area contributed by atoms with Gasteiger partial charge in [0.1, 0.15) is 5.75 Å². The highest BCUT2D eigenvalue weighted by atomic mass is 32.2. The number of hydrogen-bond donors (Lipinski definition) is 1. The van der Waals surface area contributed by atoms with Crippen molar-refractivity contribution in [2.24, 2.45) is 5.73 Å². The molecule has 0 saturated carbocycles. The van der Waals surface area contributed by atoms with Crippen molar-refractivity contribution in [1.82, 2.24) is 0 Å². The number of primary amides is 1. The highest BCUT2D eigenvalue weighted by Gasteiger charge is 2.08. The Kier molecular flexibility index (Phi) is 3.41. The Morgan fingerprint density at radius 1 is 1.36 bits per heavy atom. The number of nitrogens with two attached hydrogens (primary N) is 1. The average Bonchev–Trinajstić information content (AvgIpc) is 2.10. The van der Waals surface area contributed by atoms with E-state index in [0.29, 0.717) is 5.75 Å². The van der Waals surface area contributed by atoms with Crippen molar-refractivity contribution in [3.8, 4) is 5.75 Å². The van der Waals surface area contributed by atoms with Gasteiger partial charge in [-0.25, -0.2) is 0 Å². The normalized spacial score (nSPS) is 9.93. The van der Waals surface area contributed by atoms with E-state index in [0.717, 1.165) is 27.8 Å². The SMILES string of the molecule is COc1cc(C)c(C)cc1SC(N)=O. The fourth-order valence-corrected chi connectivity index (χ4v) is 1.81. The molecule has 0 atom stereocenters. The molecule has 0 aromatic heterocycles. The van der Waals surface area contributed by atoms with E-state index < -0.39 is 5.24 Å². The topological polar surface area (TPSA) is 52.3 Å². The van der Waals surface area contributed by atoms with Crippen molar-refractivity contribution < 1.29 is 9.53 Å². The Morgan fingerprint density at radius 3 is 2.43 bits per heavy atom. The molecule has 1 amide bonds. The van der Waals surface area contributed by atoms with Crippen LogP contribution in [0.2, 0.25) is 0 Å². The van der Waals surface area contributed by atoms with Gasteiger partial charge in [0.2, 0.25) is 0 Å². The molecule has 0 heterocycles. The van der Waals surface area contributed by atoms with Gasteiger partial charge in [0.25, 0.3) is 5.24 Å². The van der Waals surface area contributed by atoms with Gasteiger partial charge in [-0.05, 0) is 48.9 Å². The molecular weight excluding hydrogens is 198 g/mol. The number of thioether (sulfide) groups is 1. The van der Waals surface area contributed by atoms with E-state index in [2.05, 4.69) is 0 Å². The van der Waals surface area contributed by atoms with Crippen LogP contribution in [0, 0.1) is 13.8 Å². The molecule has 1 aromatic carbocycles. The maximum Gasteiger partial charge on any atom is 0.281 e. The van der Waals surface area contributed by atoms with Crippen LogP contribution in [0.5, 0.6) is 5.75 Å². The molecule has 0 unspecified atom stereocenters. The molecule has 0 aliphatic carbocycles. The third-order valence-electron chi connectivity index (χ3n) is 1.99. The number of amides is 1. The largest absolute Gasteiger partial charge is 0.496 e. The van der Waals surface area contributed by atoms with Crippen molar-refractivity contribution in [1.29, 1.82) is 0 Å². The Labute approximate surface area is 87.6 Å². The fraction of sp³-hybridized carbons (Fsp3) is 0.300. The van der Waals surface area contributed by atoms with Crippen molar-refractivity contribution in [2.45, 2.75) is 18.7 Å². The molecule has 4 heteroatoms. The molecule has 0 saturated heterocycles. The summed E-state index contributed by atoms with van der Waals surface area (Å²) in [6.45, 7) is 3.98. The first kappa shape index (κ1) is 10.9. The summed E-state index contributed by atoms with van der Waals surface area (Å²) >= 11 is 0.986. The van der Waals surface area contributed by atoms with Gasteiger partial charge < -0.3 is 10.5 Å². The summed E-state index contributed by atoms with van der Waals surface area (Å²) < 4.78 is 5.15. The second-order valence-electron chi connectivity index (χ2n) is 3.01. The average molecular weight is 211 g/mol. The molecular formula is C10H13NO2S. The summed E-state index contributed by atoms with van der Waals surface area (Å²) in [6, 6.07) is 3.81. The molecule has 14 heavy (non-hydrogen) atoms. The van der Waals surface area contributed by atoms with Crippen LogP contribution in [0.25, 0.3) is 0 Å². The third kappa shape index (κ3) is 2.42. The van der Waals surface area contributed by atoms with Gasteiger partial charge in [-0.2, -0.15) is 0 Å². The summed E-state index contributed by atoms with van der Waals surface area (Å²) in [7, 11) is 1.58. The van der Waals surface area contributed by atoms with Crippen LogP contribution >= 0.6 is 11.8 Å². The second kappa shape index (κ2) is 4.37. The summed E-state index contributed by atoms with van der Waals surface area (Å²) in [5.41, 5.74) is 7.36. The minimum absolute atomic E-state index is 0.424. The summed E-state index contributed by atoms with van der Waals surface area (Å²) in [6.07, 6.45) is 0. The molecule has 76 valence electrons. The number of rotatable bonds is 2. The Morgan fingerprint density at radius 2 is 1.93 bits per heavy atom. The van der Waals surface area contributed by atoms with Crippen LogP contribution in [0.3, 0.4) is 0 Å². The van der Waals surface area contributed by atoms with E-state index in [-0.39, 0.29) is 0 Å². The van der Waals surface area contributed by atoms with Gasteiger partial charge in [0.15, 0.2) is 0 Å². The van der Waals surface area contributed by atoms with Crippen molar-refractivity contribution in [2.75, 3.05) is 7.11 Å². The van der Waals surface area contributed by atoms with E-state index >= 15 is 0 Å². The van der Waals surface area contributed by atoms with Crippen molar-refractivity contribution in [3.63, 3.8) is 0 Å². The molecule has 0 aliphatic heterocycles. The molecule has 0 aliphatic rings. The standard InChI is InChI=1S/C10H13NO2S/c1-6-4-8(13-3)9(5-7(6)2)14-10(11)12/h4-5H,1-3H3,(H2,11,12). The van der Waals surface area contributed by atoms with Crippen molar-refractivity contribution >= 4 is 17.0 Å². The van der Waals surface area contributed by atoms with E-state index in [4.69, 9.17) is 10.5 Å². The molecule has 3 nitrogen and oxygen atoms in total. The lowest BCUT2D eigenvalue weighted by atomic mass is 10.1. The van der Waals surface area contributed by atoms with Crippen LogP contribution < -0.4 is 10.5 Å². The Balaban J connectivity index is 3.13. The zero-order valence-electron chi connectivity index (χ0n) is 8.46. The van der Waals surface area contributed by atoms with E-state index in [1.807, 2.05) is 26.0 Å². The van der Waals surface area contributed by atoms with Gasteiger partial charge in [-0.3, -0.25) is 4.79 Å². The fourth-order valence-electron chi connectivity index (χ4n) is 1.11. The van der Waals surface area contributed by atoms with Crippen molar-refractivity contribution in [3.05, 3.63) is 23.3 Å². The minimum Gasteiger partial charge on any atom is -0.496 e. The van der Waals surface area contributed by atoms with Crippen LogP contribution in [0.4, 0.5) is 4.79 Å². The lowest BCUT2D eigenvalue weighted by Gasteiger charge is -2.09. The molecule has 1 aromatic rings. The number of carbonyl (C=O) groups excluding carboxylic acids is 1. The van der Waals surface area contributed by atoms with Gasteiger partial charge in [-0.15, -0.1) is 0 Å². The monoisotopic (exact) mass is 211 g/mol.